The van der Waals surface area contributed by atoms with Crippen molar-refractivity contribution in [1.82, 2.24) is 0 Å². The number of ether oxygens (including phenoxy) is 1. The molecule has 33 heavy (non-hydrogen) atoms. The molecular formula is C25H18ClF2NO4. The average Bonchev–Trinajstić information content (AvgIpc) is 3.06. The van der Waals surface area contributed by atoms with Crippen LogP contribution >= 0.6 is 11.6 Å². The Balaban J connectivity index is 1.95. The Hall–Kier alpha value is -3.71. The molecule has 0 spiro atoms. The Morgan fingerprint density at radius 2 is 1.76 bits per heavy atom. The molecule has 3 aromatic rings. The number of hydrogen-bond acceptors (Lipinski definition) is 4. The average molecular weight is 470 g/mol. The monoisotopic (exact) mass is 469 g/mol. The Morgan fingerprint density at radius 3 is 2.42 bits per heavy atom. The second kappa shape index (κ2) is 9.03. The van der Waals surface area contributed by atoms with E-state index < -0.39 is 35.1 Å². The fourth-order valence-corrected chi connectivity index (χ4v) is 3.94. The molecule has 0 aliphatic carbocycles. The van der Waals surface area contributed by atoms with Crippen LogP contribution in [0.25, 0.3) is 5.76 Å². The number of Topliss-reactive ketones (excluding diaryl/α,β-unsaturated/α-hetero) is 1. The van der Waals surface area contributed by atoms with Crippen LogP contribution in [-0.2, 0) is 9.59 Å². The molecule has 0 bridgehead atoms. The fourth-order valence-electron chi connectivity index (χ4n) is 3.76. The van der Waals surface area contributed by atoms with Gasteiger partial charge in [-0.1, -0.05) is 29.8 Å². The zero-order chi connectivity index (χ0) is 23.7. The molecule has 4 rings (SSSR count). The lowest BCUT2D eigenvalue weighted by Gasteiger charge is -2.25. The topological polar surface area (TPSA) is 66.8 Å². The molecule has 1 saturated heterocycles. The van der Waals surface area contributed by atoms with Crippen LogP contribution in [0, 0.1) is 11.6 Å². The number of rotatable bonds is 5. The van der Waals surface area contributed by atoms with Crippen molar-refractivity contribution < 1.29 is 28.2 Å². The third-order valence-corrected chi connectivity index (χ3v) is 5.57. The van der Waals surface area contributed by atoms with Crippen LogP contribution in [0.1, 0.15) is 24.1 Å². The fraction of sp³-hybridized carbons (Fsp3) is 0.120. The highest BCUT2D eigenvalue weighted by Crippen LogP contribution is 2.43. The second-order valence-electron chi connectivity index (χ2n) is 7.25. The van der Waals surface area contributed by atoms with Crippen molar-refractivity contribution in [2.75, 3.05) is 11.5 Å². The lowest BCUT2D eigenvalue weighted by atomic mass is 9.94. The number of aliphatic hydroxyl groups excluding tert-OH is 1. The molecule has 1 unspecified atom stereocenters. The van der Waals surface area contributed by atoms with E-state index in [0.29, 0.717) is 11.6 Å². The predicted molar refractivity (Wildman–Crippen MR) is 120 cm³/mol. The van der Waals surface area contributed by atoms with Crippen molar-refractivity contribution in [2.45, 2.75) is 13.0 Å². The van der Waals surface area contributed by atoms with E-state index in [0.717, 1.165) is 17.0 Å². The van der Waals surface area contributed by atoms with Gasteiger partial charge in [0.05, 0.1) is 23.2 Å². The normalized spacial score (nSPS) is 17.5. The summed E-state index contributed by atoms with van der Waals surface area (Å²) in [6, 6.07) is 13.6. The first kappa shape index (κ1) is 22.5. The minimum Gasteiger partial charge on any atom is -0.507 e. The molecule has 3 aromatic carbocycles. The first-order valence-electron chi connectivity index (χ1n) is 10.1. The molecule has 0 aromatic heterocycles. The number of hydrogen-bond donors (Lipinski definition) is 1. The maximum atomic E-state index is 14.9. The smallest absolute Gasteiger partial charge is 0.300 e. The van der Waals surface area contributed by atoms with Crippen molar-refractivity contribution in [3.8, 4) is 5.75 Å². The number of amides is 1. The second-order valence-corrected chi connectivity index (χ2v) is 7.65. The molecule has 1 aliphatic heterocycles. The third kappa shape index (κ3) is 4.07. The minimum absolute atomic E-state index is 0.00145. The molecule has 1 aliphatic rings. The largest absolute Gasteiger partial charge is 0.507 e. The quantitative estimate of drug-likeness (QED) is 0.298. The molecule has 8 heteroatoms. The number of benzene rings is 3. The van der Waals surface area contributed by atoms with Crippen molar-refractivity contribution in [2.24, 2.45) is 0 Å². The van der Waals surface area contributed by atoms with Gasteiger partial charge in [-0.2, -0.15) is 0 Å². The molecule has 1 fully saturated rings. The van der Waals surface area contributed by atoms with E-state index in [9.17, 15) is 23.5 Å². The Morgan fingerprint density at radius 1 is 1.06 bits per heavy atom. The first-order chi connectivity index (χ1) is 15.8. The summed E-state index contributed by atoms with van der Waals surface area (Å²) in [5, 5.41) is 11.4. The zero-order valence-electron chi connectivity index (χ0n) is 17.4. The van der Waals surface area contributed by atoms with Crippen LogP contribution in [0.5, 0.6) is 5.75 Å². The zero-order valence-corrected chi connectivity index (χ0v) is 18.1. The highest BCUT2D eigenvalue weighted by molar-refractivity contribution is 6.51. The summed E-state index contributed by atoms with van der Waals surface area (Å²) in [4.78, 5) is 27.2. The van der Waals surface area contributed by atoms with E-state index in [1.165, 1.54) is 48.5 Å². The van der Waals surface area contributed by atoms with E-state index in [2.05, 4.69) is 0 Å². The number of nitrogens with zero attached hydrogens (tertiary/aromatic N) is 1. The van der Waals surface area contributed by atoms with Gasteiger partial charge >= 0.3 is 0 Å². The lowest BCUT2D eigenvalue weighted by molar-refractivity contribution is -0.132. The van der Waals surface area contributed by atoms with Gasteiger partial charge in [0.1, 0.15) is 23.1 Å². The van der Waals surface area contributed by atoms with Gasteiger partial charge in [-0.3, -0.25) is 14.5 Å². The van der Waals surface area contributed by atoms with E-state index >= 15 is 0 Å². The van der Waals surface area contributed by atoms with E-state index in [-0.39, 0.29) is 28.1 Å². The summed E-state index contributed by atoms with van der Waals surface area (Å²) >= 11 is 6.12. The first-order valence-corrected chi connectivity index (χ1v) is 10.4. The van der Waals surface area contributed by atoms with Crippen LogP contribution in [0.3, 0.4) is 0 Å². The van der Waals surface area contributed by atoms with E-state index in [4.69, 9.17) is 16.3 Å². The van der Waals surface area contributed by atoms with Crippen molar-refractivity contribution >= 4 is 34.7 Å². The van der Waals surface area contributed by atoms with Gasteiger partial charge in [0.2, 0.25) is 0 Å². The molecule has 1 N–H and O–H groups in total. The van der Waals surface area contributed by atoms with E-state index in [1.807, 2.05) is 0 Å². The van der Waals surface area contributed by atoms with Crippen LogP contribution in [0.4, 0.5) is 14.5 Å². The van der Waals surface area contributed by atoms with Gasteiger partial charge in [-0.05, 0) is 55.5 Å². The molecule has 0 radical (unpaired) electrons. The van der Waals surface area contributed by atoms with Gasteiger partial charge in [-0.15, -0.1) is 0 Å². The van der Waals surface area contributed by atoms with Crippen molar-refractivity contribution in [3.05, 3.63) is 100 Å². The third-order valence-electron chi connectivity index (χ3n) is 5.25. The Kier molecular flexibility index (Phi) is 6.16. The Bertz CT molecular complexity index is 1270. The van der Waals surface area contributed by atoms with Crippen LogP contribution < -0.4 is 9.64 Å². The number of anilines is 1. The maximum absolute atomic E-state index is 14.9. The standard InChI is InChI=1S/C25H18ClF2NO4/c1-2-33-20-13-14(7-12-18(20)26)23(30)21-22(17-5-3-4-6-19(17)28)29(25(32)24(21)31)16-10-8-15(27)9-11-16/h3-13,22,30H,2H2,1H3/b23-21+. The van der Waals surface area contributed by atoms with Crippen LogP contribution in [-0.4, -0.2) is 23.4 Å². The van der Waals surface area contributed by atoms with E-state index in [1.54, 1.807) is 13.0 Å². The summed E-state index contributed by atoms with van der Waals surface area (Å²) in [6.45, 7) is 2.07. The van der Waals surface area contributed by atoms with Crippen molar-refractivity contribution in [3.63, 3.8) is 0 Å². The van der Waals surface area contributed by atoms with Gasteiger partial charge in [-0.25, -0.2) is 8.78 Å². The summed E-state index contributed by atoms with van der Waals surface area (Å²) in [6.07, 6.45) is 0. The number of aliphatic hydroxyl groups is 1. The predicted octanol–water partition coefficient (Wildman–Crippen LogP) is 5.64. The molecule has 0 saturated carbocycles. The maximum Gasteiger partial charge on any atom is 0.300 e. The van der Waals surface area contributed by atoms with Crippen LogP contribution in [0.15, 0.2) is 72.3 Å². The highest BCUT2D eigenvalue weighted by atomic mass is 35.5. The summed E-state index contributed by atoms with van der Waals surface area (Å²) in [7, 11) is 0. The van der Waals surface area contributed by atoms with Gasteiger partial charge in [0.25, 0.3) is 11.7 Å². The molecule has 1 amide bonds. The molecule has 5 nitrogen and oxygen atoms in total. The Labute approximate surface area is 193 Å². The highest BCUT2D eigenvalue weighted by Gasteiger charge is 2.47. The van der Waals surface area contributed by atoms with Gasteiger partial charge in [0, 0.05) is 16.8 Å². The molecule has 168 valence electrons. The SMILES string of the molecule is CCOc1cc(/C(O)=C2\C(=O)C(=O)N(c3ccc(F)cc3)C2c2ccccc2F)ccc1Cl. The minimum atomic E-state index is -1.28. The van der Waals surface area contributed by atoms with Gasteiger partial charge in [0.15, 0.2) is 0 Å². The summed E-state index contributed by atoms with van der Waals surface area (Å²) < 4.78 is 33.8. The summed E-state index contributed by atoms with van der Waals surface area (Å²) in [5.74, 6) is -3.42. The summed E-state index contributed by atoms with van der Waals surface area (Å²) in [5.41, 5.74) is 0.0407. The molecule has 1 atom stereocenters. The number of carbonyl (C=O) groups is 2. The molecular weight excluding hydrogens is 452 g/mol. The number of halogens is 3. The number of carbonyl (C=O) groups excluding carboxylic acids is 2. The van der Waals surface area contributed by atoms with Gasteiger partial charge < -0.3 is 9.84 Å². The molecule has 1 heterocycles. The van der Waals surface area contributed by atoms with Crippen molar-refractivity contribution in [1.29, 1.82) is 0 Å². The van der Waals surface area contributed by atoms with Crippen LogP contribution in [0.2, 0.25) is 5.02 Å². The number of ketones is 1. The lowest BCUT2D eigenvalue weighted by Crippen LogP contribution is -2.29.